The molecule has 0 saturated carbocycles. The Bertz CT molecular complexity index is 1280. The number of aliphatic hydroxyl groups is 1. The highest BCUT2D eigenvalue weighted by Gasteiger charge is 2.44. The summed E-state index contributed by atoms with van der Waals surface area (Å²) in [6, 6.07) is 15.8. The Morgan fingerprint density at radius 1 is 1.03 bits per heavy atom. The molecule has 1 amide bonds. The third-order valence-electron chi connectivity index (χ3n) is 6.48. The minimum Gasteiger partial charge on any atom is -0.503 e. The molecule has 0 spiro atoms. The first-order valence-electron chi connectivity index (χ1n) is 11.8. The Morgan fingerprint density at radius 2 is 1.72 bits per heavy atom. The van der Waals surface area contributed by atoms with E-state index in [2.05, 4.69) is 20.8 Å². The van der Waals surface area contributed by atoms with Gasteiger partial charge in [-0.2, -0.15) is 0 Å². The van der Waals surface area contributed by atoms with Gasteiger partial charge in [-0.15, -0.1) is 0 Å². The largest absolute Gasteiger partial charge is 0.503 e. The fourth-order valence-corrected chi connectivity index (χ4v) is 4.45. The average Bonchev–Trinajstić information content (AvgIpc) is 3.49. The molecule has 1 aliphatic rings. The second kappa shape index (κ2) is 9.93. The van der Waals surface area contributed by atoms with E-state index in [1.54, 1.807) is 20.3 Å². The second-order valence-electron chi connectivity index (χ2n) is 9.78. The van der Waals surface area contributed by atoms with Gasteiger partial charge < -0.3 is 23.9 Å². The van der Waals surface area contributed by atoms with Crippen molar-refractivity contribution in [2.75, 3.05) is 20.8 Å². The summed E-state index contributed by atoms with van der Waals surface area (Å²) in [5.41, 5.74) is 2.75. The van der Waals surface area contributed by atoms with Crippen LogP contribution in [0, 0.1) is 0 Å². The number of nitrogens with zero attached hydrogens (tertiary/aromatic N) is 1. The number of methoxy groups -OCH3 is 2. The van der Waals surface area contributed by atoms with E-state index >= 15 is 0 Å². The molecule has 0 unspecified atom stereocenters. The summed E-state index contributed by atoms with van der Waals surface area (Å²) >= 11 is 0. The van der Waals surface area contributed by atoms with Crippen LogP contribution in [-0.4, -0.2) is 42.5 Å². The standard InChI is InChI=1S/C29H31NO6/c1-29(2,3)20-11-9-19(10-12-20)25-24(26(31)22-7-6-16-36-22)27(32)28(33)30(25)15-14-18-8-13-21(34-4)23(17-18)35-5/h6-13,16-17,25,32H,14-15H2,1-5H3/t25-/m1/s1. The maximum atomic E-state index is 13.3. The monoisotopic (exact) mass is 489 g/mol. The Kier molecular flexibility index (Phi) is 6.93. The molecule has 4 rings (SSSR count). The summed E-state index contributed by atoms with van der Waals surface area (Å²) in [7, 11) is 3.14. The lowest BCUT2D eigenvalue weighted by Crippen LogP contribution is -2.33. The van der Waals surface area contributed by atoms with Crippen LogP contribution in [0.5, 0.6) is 11.5 Å². The van der Waals surface area contributed by atoms with Crippen molar-refractivity contribution in [1.82, 2.24) is 4.90 Å². The third kappa shape index (κ3) is 4.73. The number of rotatable bonds is 8. The molecule has 0 saturated heterocycles. The highest BCUT2D eigenvalue weighted by molar-refractivity contribution is 6.15. The van der Waals surface area contributed by atoms with Crippen molar-refractivity contribution in [1.29, 1.82) is 0 Å². The lowest BCUT2D eigenvalue weighted by molar-refractivity contribution is -0.129. The van der Waals surface area contributed by atoms with Crippen molar-refractivity contribution in [3.05, 3.63) is 94.6 Å². The molecular weight excluding hydrogens is 458 g/mol. The van der Waals surface area contributed by atoms with Gasteiger partial charge in [-0.25, -0.2) is 0 Å². The lowest BCUT2D eigenvalue weighted by atomic mass is 9.85. The first kappa shape index (κ1) is 25.1. The maximum absolute atomic E-state index is 13.3. The Morgan fingerprint density at radius 3 is 2.31 bits per heavy atom. The minimum absolute atomic E-state index is 0.0192. The lowest BCUT2D eigenvalue weighted by Gasteiger charge is -2.28. The van der Waals surface area contributed by atoms with Crippen LogP contribution in [0.2, 0.25) is 0 Å². The van der Waals surface area contributed by atoms with Crippen LogP contribution in [0.4, 0.5) is 0 Å². The number of aliphatic hydroxyl groups excluding tert-OH is 1. The summed E-state index contributed by atoms with van der Waals surface area (Å²) in [5, 5.41) is 10.8. The van der Waals surface area contributed by atoms with Crippen LogP contribution in [0.25, 0.3) is 0 Å². The summed E-state index contributed by atoms with van der Waals surface area (Å²) in [4.78, 5) is 28.1. The number of carbonyl (C=O) groups is 2. The van der Waals surface area contributed by atoms with Gasteiger partial charge in [0.15, 0.2) is 23.0 Å². The Hall–Kier alpha value is -4.00. The van der Waals surface area contributed by atoms with Gasteiger partial charge in [-0.1, -0.05) is 51.1 Å². The van der Waals surface area contributed by atoms with Crippen molar-refractivity contribution in [3.8, 4) is 11.5 Å². The van der Waals surface area contributed by atoms with E-state index in [1.807, 2.05) is 42.5 Å². The van der Waals surface area contributed by atoms with Crippen molar-refractivity contribution < 1.29 is 28.6 Å². The van der Waals surface area contributed by atoms with E-state index in [9.17, 15) is 14.7 Å². The smallest absolute Gasteiger partial charge is 0.290 e. The topological polar surface area (TPSA) is 89.2 Å². The number of hydrogen-bond donors (Lipinski definition) is 1. The predicted octanol–water partition coefficient (Wildman–Crippen LogP) is 5.42. The fraction of sp³-hybridized carbons (Fsp3) is 0.310. The fourth-order valence-electron chi connectivity index (χ4n) is 4.45. The number of amides is 1. The molecule has 1 aromatic heterocycles. The van der Waals surface area contributed by atoms with Crippen LogP contribution in [0.1, 0.15) is 54.1 Å². The van der Waals surface area contributed by atoms with E-state index in [0.717, 1.165) is 16.7 Å². The molecular formula is C29H31NO6. The molecule has 7 heteroatoms. The Labute approximate surface area is 210 Å². The average molecular weight is 490 g/mol. The quantitative estimate of drug-likeness (QED) is 0.425. The SMILES string of the molecule is COc1ccc(CCN2C(=O)C(O)=C(C(=O)c3ccco3)[C@H]2c2ccc(C(C)(C)C)cc2)cc1OC. The molecule has 1 atom stereocenters. The van der Waals surface area contributed by atoms with Gasteiger partial charge >= 0.3 is 0 Å². The van der Waals surface area contributed by atoms with Gasteiger partial charge in [0.25, 0.3) is 5.91 Å². The number of ketones is 1. The van der Waals surface area contributed by atoms with E-state index in [-0.39, 0.29) is 23.3 Å². The Balaban J connectivity index is 1.69. The molecule has 188 valence electrons. The normalized spacial score (nSPS) is 16.0. The van der Waals surface area contributed by atoms with Gasteiger partial charge in [0.1, 0.15) is 0 Å². The number of benzene rings is 2. The van der Waals surface area contributed by atoms with Crippen LogP contribution in [-0.2, 0) is 16.6 Å². The molecule has 2 heterocycles. The van der Waals surface area contributed by atoms with Crippen LogP contribution >= 0.6 is 0 Å². The number of carbonyl (C=O) groups excluding carboxylic acids is 2. The molecule has 0 radical (unpaired) electrons. The third-order valence-corrected chi connectivity index (χ3v) is 6.48. The van der Waals surface area contributed by atoms with Crippen LogP contribution < -0.4 is 9.47 Å². The number of furan rings is 1. The molecule has 7 nitrogen and oxygen atoms in total. The summed E-state index contributed by atoms with van der Waals surface area (Å²) in [6.45, 7) is 6.63. The van der Waals surface area contributed by atoms with Gasteiger partial charge in [0.2, 0.25) is 5.78 Å². The second-order valence-corrected chi connectivity index (χ2v) is 9.78. The van der Waals surface area contributed by atoms with Crippen LogP contribution in [0.3, 0.4) is 0 Å². The predicted molar refractivity (Wildman–Crippen MR) is 136 cm³/mol. The van der Waals surface area contributed by atoms with E-state index in [1.165, 1.54) is 17.2 Å². The zero-order valence-corrected chi connectivity index (χ0v) is 21.2. The molecule has 3 aromatic rings. The molecule has 0 bridgehead atoms. The maximum Gasteiger partial charge on any atom is 0.290 e. The minimum atomic E-state index is -0.746. The number of ether oxygens (including phenoxy) is 2. The molecule has 0 aliphatic carbocycles. The van der Waals surface area contributed by atoms with Crippen molar-refractivity contribution in [2.45, 2.75) is 38.6 Å². The number of hydrogen-bond acceptors (Lipinski definition) is 6. The van der Waals surface area contributed by atoms with Crippen molar-refractivity contribution in [3.63, 3.8) is 0 Å². The first-order valence-corrected chi connectivity index (χ1v) is 11.8. The van der Waals surface area contributed by atoms with E-state index < -0.39 is 23.5 Å². The zero-order chi connectivity index (χ0) is 26.0. The van der Waals surface area contributed by atoms with Gasteiger partial charge in [-0.05, 0) is 52.8 Å². The van der Waals surface area contributed by atoms with Crippen molar-refractivity contribution >= 4 is 11.7 Å². The summed E-state index contributed by atoms with van der Waals surface area (Å²) in [5.74, 6) is -0.372. The molecule has 36 heavy (non-hydrogen) atoms. The van der Waals surface area contributed by atoms with Gasteiger partial charge in [0.05, 0.1) is 32.1 Å². The molecule has 1 aliphatic heterocycles. The summed E-state index contributed by atoms with van der Waals surface area (Å²) < 4.78 is 16.0. The first-order chi connectivity index (χ1) is 17.2. The molecule has 0 fully saturated rings. The van der Waals surface area contributed by atoms with Gasteiger partial charge in [-0.3, -0.25) is 9.59 Å². The highest BCUT2D eigenvalue weighted by Crippen LogP contribution is 2.40. The van der Waals surface area contributed by atoms with Gasteiger partial charge in [0, 0.05) is 6.54 Å². The van der Waals surface area contributed by atoms with Crippen molar-refractivity contribution in [2.24, 2.45) is 0 Å². The zero-order valence-electron chi connectivity index (χ0n) is 21.2. The van der Waals surface area contributed by atoms with Crippen LogP contribution in [0.15, 0.2) is 76.6 Å². The number of Topliss-reactive ketones (excluding diaryl/α,β-unsaturated/α-hetero) is 1. The van der Waals surface area contributed by atoms with E-state index in [4.69, 9.17) is 13.9 Å². The molecule has 1 N–H and O–H groups in total. The highest BCUT2D eigenvalue weighted by atomic mass is 16.5. The molecule has 2 aromatic carbocycles. The van der Waals surface area contributed by atoms with E-state index in [0.29, 0.717) is 17.9 Å². The summed E-state index contributed by atoms with van der Waals surface area (Å²) in [6.07, 6.45) is 1.88.